The molecule has 1 aromatic rings. The Kier molecular flexibility index (Phi) is 3.91. The fourth-order valence-electron chi connectivity index (χ4n) is 0.798. The molecule has 0 fully saturated rings. The molecule has 0 aliphatic carbocycles. The summed E-state index contributed by atoms with van der Waals surface area (Å²) in [5.41, 5.74) is 0.173. The van der Waals surface area contributed by atoms with E-state index in [-0.39, 0.29) is 11.7 Å². The predicted octanol–water partition coefficient (Wildman–Crippen LogP) is 1.25. The number of thioether (sulfide) groups is 1. The predicted molar refractivity (Wildman–Crippen MR) is 53.6 cm³/mol. The van der Waals surface area contributed by atoms with Crippen LogP contribution in [0.2, 0.25) is 0 Å². The number of carbonyl (C=O) groups is 1. The molecule has 0 saturated carbocycles. The van der Waals surface area contributed by atoms with Crippen molar-refractivity contribution in [2.45, 2.75) is 18.1 Å². The fourth-order valence-corrected chi connectivity index (χ4v) is 1.50. The van der Waals surface area contributed by atoms with E-state index in [0.29, 0.717) is 5.75 Å². The highest BCUT2D eigenvalue weighted by Crippen LogP contribution is 2.16. The first-order valence-electron chi connectivity index (χ1n) is 4.10. The normalized spacial score (nSPS) is 12.4. The Morgan fingerprint density at radius 2 is 2.36 bits per heavy atom. The SMILES string of the molecule is CC(O)CSc1ccc(C(=O)O)cn1. The van der Waals surface area contributed by atoms with Crippen molar-refractivity contribution in [3.8, 4) is 0 Å². The van der Waals surface area contributed by atoms with E-state index in [1.54, 1.807) is 13.0 Å². The van der Waals surface area contributed by atoms with Gasteiger partial charge in [-0.15, -0.1) is 11.8 Å². The number of nitrogens with zero attached hydrogens (tertiary/aromatic N) is 1. The molecule has 14 heavy (non-hydrogen) atoms. The summed E-state index contributed by atoms with van der Waals surface area (Å²) >= 11 is 1.39. The van der Waals surface area contributed by atoms with Crippen LogP contribution in [0.3, 0.4) is 0 Å². The minimum atomic E-state index is -0.982. The quantitative estimate of drug-likeness (QED) is 0.737. The van der Waals surface area contributed by atoms with Gasteiger partial charge in [0.2, 0.25) is 0 Å². The standard InChI is InChI=1S/C9H11NO3S/c1-6(11)5-14-8-3-2-7(4-10-8)9(12)13/h2-4,6,11H,5H2,1H3,(H,12,13). The molecule has 4 nitrogen and oxygen atoms in total. The van der Waals surface area contributed by atoms with Crippen LogP contribution in [0.15, 0.2) is 23.4 Å². The Bertz CT molecular complexity index is 310. The zero-order chi connectivity index (χ0) is 10.6. The van der Waals surface area contributed by atoms with Crippen LogP contribution in [0.4, 0.5) is 0 Å². The van der Waals surface area contributed by atoms with Crippen molar-refractivity contribution in [3.05, 3.63) is 23.9 Å². The van der Waals surface area contributed by atoms with Crippen molar-refractivity contribution in [2.24, 2.45) is 0 Å². The van der Waals surface area contributed by atoms with Gasteiger partial charge in [0.1, 0.15) is 0 Å². The summed E-state index contributed by atoms with van der Waals surface area (Å²) in [5.74, 6) is -0.427. The lowest BCUT2D eigenvalue weighted by atomic mass is 10.3. The molecule has 0 radical (unpaired) electrons. The van der Waals surface area contributed by atoms with E-state index >= 15 is 0 Å². The first-order chi connectivity index (χ1) is 6.59. The lowest BCUT2D eigenvalue weighted by Gasteiger charge is -2.02. The van der Waals surface area contributed by atoms with E-state index in [0.717, 1.165) is 5.03 Å². The summed E-state index contributed by atoms with van der Waals surface area (Å²) in [4.78, 5) is 14.4. The molecule has 0 saturated heterocycles. The lowest BCUT2D eigenvalue weighted by Crippen LogP contribution is -2.03. The zero-order valence-electron chi connectivity index (χ0n) is 7.67. The summed E-state index contributed by atoms with van der Waals surface area (Å²) in [5, 5.41) is 18.3. The molecule has 0 spiro atoms. The molecule has 1 aromatic heterocycles. The number of hydrogen-bond donors (Lipinski definition) is 2. The number of rotatable bonds is 4. The summed E-state index contributed by atoms with van der Waals surface area (Å²) < 4.78 is 0. The van der Waals surface area contributed by atoms with Crippen LogP contribution in [-0.4, -0.2) is 33.0 Å². The minimum Gasteiger partial charge on any atom is -0.478 e. The molecule has 76 valence electrons. The summed E-state index contributed by atoms with van der Waals surface area (Å²) in [6.07, 6.45) is 0.924. The van der Waals surface area contributed by atoms with E-state index in [9.17, 15) is 4.79 Å². The third-order valence-corrected chi connectivity index (χ3v) is 2.64. The van der Waals surface area contributed by atoms with Gasteiger partial charge in [0, 0.05) is 11.9 Å². The maximum atomic E-state index is 10.5. The highest BCUT2D eigenvalue weighted by Gasteiger charge is 2.04. The van der Waals surface area contributed by atoms with Gasteiger partial charge < -0.3 is 10.2 Å². The highest BCUT2D eigenvalue weighted by molar-refractivity contribution is 7.99. The third kappa shape index (κ3) is 3.35. The van der Waals surface area contributed by atoms with E-state index < -0.39 is 5.97 Å². The molecule has 5 heteroatoms. The smallest absolute Gasteiger partial charge is 0.337 e. The van der Waals surface area contributed by atoms with Gasteiger partial charge in [-0.3, -0.25) is 0 Å². The number of aliphatic hydroxyl groups is 1. The van der Waals surface area contributed by atoms with Crippen molar-refractivity contribution in [3.63, 3.8) is 0 Å². The van der Waals surface area contributed by atoms with Crippen LogP contribution in [0, 0.1) is 0 Å². The van der Waals surface area contributed by atoms with Crippen molar-refractivity contribution in [1.29, 1.82) is 0 Å². The van der Waals surface area contributed by atoms with Crippen molar-refractivity contribution in [1.82, 2.24) is 4.98 Å². The van der Waals surface area contributed by atoms with E-state index in [1.165, 1.54) is 24.0 Å². The molecule has 1 rings (SSSR count). The maximum absolute atomic E-state index is 10.5. The van der Waals surface area contributed by atoms with Crippen molar-refractivity contribution >= 4 is 17.7 Å². The summed E-state index contributed by atoms with van der Waals surface area (Å²) in [6.45, 7) is 1.69. The van der Waals surface area contributed by atoms with E-state index in [2.05, 4.69) is 4.98 Å². The molecule has 0 bridgehead atoms. The Labute approximate surface area is 86.0 Å². The van der Waals surface area contributed by atoms with Gasteiger partial charge in [-0.25, -0.2) is 9.78 Å². The lowest BCUT2D eigenvalue weighted by molar-refractivity contribution is 0.0696. The molecule has 0 aliphatic rings. The first kappa shape index (κ1) is 11.0. The monoisotopic (exact) mass is 213 g/mol. The molecule has 0 aromatic carbocycles. The zero-order valence-corrected chi connectivity index (χ0v) is 8.49. The topological polar surface area (TPSA) is 70.4 Å². The average molecular weight is 213 g/mol. The summed E-state index contributed by atoms with van der Waals surface area (Å²) in [6, 6.07) is 3.14. The second kappa shape index (κ2) is 4.97. The fraction of sp³-hybridized carbons (Fsp3) is 0.333. The largest absolute Gasteiger partial charge is 0.478 e. The van der Waals surface area contributed by atoms with Gasteiger partial charge in [0.05, 0.1) is 16.7 Å². The number of carboxylic acids is 1. The Balaban J connectivity index is 2.60. The number of carboxylic acid groups (broad SMARTS) is 1. The van der Waals surface area contributed by atoms with E-state index in [4.69, 9.17) is 10.2 Å². The number of aromatic nitrogens is 1. The minimum absolute atomic E-state index is 0.173. The van der Waals surface area contributed by atoms with Gasteiger partial charge in [0.15, 0.2) is 0 Å². The molecule has 2 N–H and O–H groups in total. The van der Waals surface area contributed by atoms with Crippen LogP contribution in [0.25, 0.3) is 0 Å². The maximum Gasteiger partial charge on any atom is 0.337 e. The molecule has 1 heterocycles. The number of aromatic carboxylic acids is 1. The van der Waals surface area contributed by atoms with Gasteiger partial charge in [0.25, 0.3) is 0 Å². The molecular formula is C9H11NO3S. The molecule has 1 atom stereocenters. The Morgan fingerprint density at radius 1 is 1.64 bits per heavy atom. The van der Waals surface area contributed by atoms with E-state index in [1.807, 2.05) is 0 Å². The number of aliphatic hydroxyl groups excluding tert-OH is 1. The first-order valence-corrected chi connectivity index (χ1v) is 5.08. The van der Waals surface area contributed by atoms with Crippen LogP contribution < -0.4 is 0 Å². The van der Waals surface area contributed by atoms with Gasteiger partial charge in [-0.1, -0.05) is 0 Å². The van der Waals surface area contributed by atoms with Gasteiger partial charge >= 0.3 is 5.97 Å². The second-order valence-corrected chi connectivity index (χ2v) is 3.89. The molecule has 0 aliphatic heterocycles. The van der Waals surface area contributed by atoms with Crippen molar-refractivity contribution < 1.29 is 15.0 Å². The molecular weight excluding hydrogens is 202 g/mol. The van der Waals surface area contributed by atoms with Crippen LogP contribution in [0.1, 0.15) is 17.3 Å². The molecule has 0 amide bonds. The van der Waals surface area contributed by atoms with Crippen molar-refractivity contribution in [2.75, 3.05) is 5.75 Å². The number of hydrogen-bond acceptors (Lipinski definition) is 4. The second-order valence-electron chi connectivity index (χ2n) is 2.85. The van der Waals surface area contributed by atoms with Crippen LogP contribution in [-0.2, 0) is 0 Å². The Morgan fingerprint density at radius 3 is 2.79 bits per heavy atom. The van der Waals surface area contributed by atoms with Crippen LogP contribution in [0.5, 0.6) is 0 Å². The number of pyridine rings is 1. The van der Waals surface area contributed by atoms with Gasteiger partial charge in [-0.2, -0.15) is 0 Å². The average Bonchev–Trinajstić information content (AvgIpc) is 2.15. The summed E-state index contributed by atoms with van der Waals surface area (Å²) in [7, 11) is 0. The molecule has 1 unspecified atom stereocenters. The highest BCUT2D eigenvalue weighted by atomic mass is 32.2. The van der Waals surface area contributed by atoms with Gasteiger partial charge in [-0.05, 0) is 19.1 Å². The Hall–Kier alpha value is -1.07. The van der Waals surface area contributed by atoms with Crippen LogP contribution >= 0.6 is 11.8 Å². The third-order valence-electron chi connectivity index (χ3n) is 1.46.